The van der Waals surface area contributed by atoms with Crippen LogP contribution in [0, 0.1) is 5.41 Å². The Morgan fingerprint density at radius 3 is 2.38 bits per heavy atom. The molecule has 0 radical (unpaired) electrons. The monoisotopic (exact) mass is 201 g/mol. The van der Waals surface area contributed by atoms with Gasteiger partial charge in [-0.25, -0.2) is 0 Å². The Morgan fingerprint density at radius 2 is 2.00 bits per heavy atom. The van der Waals surface area contributed by atoms with Crippen molar-refractivity contribution >= 4 is 11.8 Å². The standard InChI is InChI=1S/C11H23NS/c1-9(5-6-11(2,3)4)12-10-7-13-8-10/h9-10,12H,5-8H2,1-4H3. The topological polar surface area (TPSA) is 12.0 Å². The van der Waals surface area contributed by atoms with E-state index in [0.29, 0.717) is 11.5 Å². The number of hydrogen-bond donors (Lipinski definition) is 1. The molecule has 1 heterocycles. The van der Waals surface area contributed by atoms with E-state index in [9.17, 15) is 0 Å². The minimum absolute atomic E-state index is 0.490. The van der Waals surface area contributed by atoms with Gasteiger partial charge in [-0.15, -0.1) is 0 Å². The van der Waals surface area contributed by atoms with Gasteiger partial charge in [0.25, 0.3) is 0 Å². The summed E-state index contributed by atoms with van der Waals surface area (Å²) in [5.41, 5.74) is 0.490. The first-order valence-corrected chi connectivity index (χ1v) is 6.47. The molecule has 1 unspecified atom stereocenters. The van der Waals surface area contributed by atoms with E-state index in [2.05, 4.69) is 33.0 Å². The van der Waals surface area contributed by atoms with Crippen molar-refractivity contribution in [2.45, 2.75) is 52.6 Å². The van der Waals surface area contributed by atoms with Gasteiger partial charge in [0.15, 0.2) is 0 Å². The molecule has 1 aliphatic heterocycles. The Hall–Kier alpha value is 0.310. The second kappa shape index (κ2) is 4.70. The van der Waals surface area contributed by atoms with Crippen LogP contribution < -0.4 is 5.32 Å². The summed E-state index contributed by atoms with van der Waals surface area (Å²) in [7, 11) is 0. The van der Waals surface area contributed by atoms with Crippen molar-refractivity contribution in [3.63, 3.8) is 0 Å². The molecule has 1 aliphatic rings. The van der Waals surface area contributed by atoms with Crippen LogP contribution in [0.5, 0.6) is 0 Å². The molecule has 2 heteroatoms. The van der Waals surface area contributed by atoms with Crippen LogP contribution in [-0.4, -0.2) is 23.6 Å². The van der Waals surface area contributed by atoms with Crippen LogP contribution >= 0.6 is 11.8 Å². The summed E-state index contributed by atoms with van der Waals surface area (Å²) in [6.07, 6.45) is 2.63. The molecule has 1 rings (SSSR count). The van der Waals surface area contributed by atoms with Crippen LogP contribution in [-0.2, 0) is 0 Å². The summed E-state index contributed by atoms with van der Waals surface area (Å²) in [5.74, 6) is 2.64. The fourth-order valence-electron chi connectivity index (χ4n) is 1.47. The molecule has 0 aromatic carbocycles. The second-order valence-corrected chi connectivity index (χ2v) is 6.48. The number of rotatable bonds is 4. The third-order valence-electron chi connectivity index (χ3n) is 2.49. The van der Waals surface area contributed by atoms with Gasteiger partial charge in [-0.2, -0.15) is 11.8 Å². The van der Waals surface area contributed by atoms with Crippen molar-refractivity contribution in [2.75, 3.05) is 11.5 Å². The van der Waals surface area contributed by atoms with Crippen molar-refractivity contribution in [3.8, 4) is 0 Å². The van der Waals surface area contributed by atoms with Gasteiger partial charge in [0, 0.05) is 23.6 Å². The summed E-state index contributed by atoms with van der Waals surface area (Å²) in [6.45, 7) is 9.27. The Bertz CT molecular complexity index is 147. The van der Waals surface area contributed by atoms with E-state index >= 15 is 0 Å². The molecule has 1 N–H and O–H groups in total. The second-order valence-electron chi connectivity index (χ2n) is 5.40. The molecule has 0 aromatic heterocycles. The molecule has 13 heavy (non-hydrogen) atoms. The molecular weight excluding hydrogens is 178 g/mol. The van der Waals surface area contributed by atoms with Gasteiger partial charge < -0.3 is 5.32 Å². The molecule has 0 spiro atoms. The molecule has 0 saturated carbocycles. The molecule has 0 bridgehead atoms. The van der Waals surface area contributed by atoms with Gasteiger partial charge >= 0.3 is 0 Å². The normalized spacial score (nSPS) is 21.2. The van der Waals surface area contributed by atoms with Crippen LogP contribution in [0.25, 0.3) is 0 Å². The molecule has 1 fully saturated rings. The Kier molecular flexibility index (Phi) is 4.11. The molecular formula is C11H23NS. The highest BCUT2D eigenvalue weighted by Gasteiger charge is 2.20. The SMILES string of the molecule is CC(CCC(C)(C)C)NC1CSC1. The van der Waals surface area contributed by atoms with Crippen molar-refractivity contribution in [1.82, 2.24) is 5.32 Å². The highest BCUT2D eigenvalue weighted by Crippen LogP contribution is 2.23. The van der Waals surface area contributed by atoms with Crippen molar-refractivity contribution < 1.29 is 0 Å². The van der Waals surface area contributed by atoms with Crippen molar-refractivity contribution in [1.29, 1.82) is 0 Å². The molecule has 0 aromatic rings. The number of nitrogens with one attached hydrogen (secondary N) is 1. The quantitative estimate of drug-likeness (QED) is 0.750. The summed E-state index contributed by atoms with van der Waals surface area (Å²) in [5, 5.41) is 3.67. The van der Waals surface area contributed by atoms with E-state index in [1.165, 1.54) is 24.3 Å². The van der Waals surface area contributed by atoms with Crippen LogP contribution in [0.15, 0.2) is 0 Å². The van der Waals surface area contributed by atoms with E-state index in [1.807, 2.05) is 11.8 Å². The first kappa shape index (κ1) is 11.4. The Morgan fingerprint density at radius 1 is 1.38 bits per heavy atom. The van der Waals surface area contributed by atoms with E-state index in [1.54, 1.807) is 0 Å². The Labute approximate surface area is 87.1 Å². The summed E-state index contributed by atoms with van der Waals surface area (Å²) < 4.78 is 0. The van der Waals surface area contributed by atoms with Gasteiger partial charge in [-0.05, 0) is 25.2 Å². The van der Waals surface area contributed by atoms with Crippen LogP contribution in [0.3, 0.4) is 0 Å². The zero-order valence-electron chi connectivity index (χ0n) is 9.39. The van der Waals surface area contributed by atoms with Gasteiger partial charge in [-0.3, -0.25) is 0 Å². The van der Waals surface area contributed by atoms with Crippen molar-refractivity contribution in [2.24, 2.45) is 5.41 Å². The fourth-order valence-corrected chi connectivity index (χ4v) is 2.13. The summed E-state index contributed by atoms with van der Waals surface area (Å²) in [4.78, 5) is 0. The number of hydrogen-bond acceptors (Lipinski definition) is 2. The van der Waals surface area contributed by atoms with E-state index < -0.39 is 0 Å². The summed E-state index contributed by atoms with van der Waals surface area (Å²) in [6, 6.07) is 1.50. The average Bonchev–Trinajstić information content (AvgIpc) is 1.91. The van der Waals surface area contributed by atoms with Crippen molar-refractivity contribution in [3.05, 3.63) is 0 Å². The maximum absolute atomic E-state index is 3.67. The third kappa shape index (κ3) is 4.92. The molecule has 78 valence electrons. The highest BCUT2D eigenvalue weighted by molar-refractivity contribution is 8.00. The van der Waals surface area contributed by atoms with Crippen LogP contribution in [0.2, 0.25) is 0 Å². The van der Waals surface area contributed by atoms with Crippen LogP contribution in [0.1, 0.15) is 40.5 Å². The van der Waals surface area contributed by atoms with E-state index in [0.717, 1.165) is 6.04 Å². The Balaban J connectivity index is 2.06. The van der Waals surface area contributed by atoms with E-state index in [4.69, 9.17) is 0 Å². The largest absolute Gasteiger partial charge is 0.310 e. The first-order valence-electron chi connectivity index (χ1n) is 5.31. The molecule has 1 atom stereocenters. The lowest BCUT2D eigenvalue weighted by Gasteiger charge is -2.30. The van der Waals surface area contributed by atoms with E-state index in [-0.39, 0.29) is 0 Å². The number of thioether (sulfide) groups is 1. The predicted octanol–water partition coefficient (Wildman–Crippen LogP) is 2.91. The summed E-state index contributed by atoms with van der Waals surface area (Å²) >= 11 is 2.05. The minimum atomic E-state index is 0.490. The highest BCUT2D eigenvalue weighted by atomic mass is 32.2. The van der Waals surface area contributed by atoms with Crippen LogP contribution in [0.4, 0.5) is 0 Å². The fraction of sp³-hybridized carbons (Fsp3) is 1.00. The lowest BCUT2D eigenvalue weighted by molar-refractivity contribution is 0.329. The zero-order chi connectivity index (χ0) is 9.90. The maximum atomic E-state index is 3.67. The minimum Gasteiger partial charge on any atom is -0.310 e. The first-order chi connectivity index (χ1) is 5.97. The predicted molar refractivity (Wildman–Crippen MR) is 62.4 cm³/mol. The molecule has 0 amide bonds. The smallest absolute Gasteiger partial charge is 0.0251 e. The van der Waals surface area contributed by atoms with Gasteiger partial charge in [0.2, 0.25) is 0 Å². The third-order valence-corrected chi connectivity index (χ3v) is 3.76. The van der Waals surface area contributed by atoms with Gasteiger partial charge in [-0.1, -0.05) is 20.8 Å². The molecule has 0 aliphatic carbocycles. The molecule has 1 nitrogen and oxygen atoms in total. The lowest BCUT2D eigenvalue weighted by Crippen LogP contribution is -2.45. The van der Waals surface area contributed by atoms with Gasteiger partial charge in [0.1, 0.15) is 0 Å². The van der Waals surface area contributed by atoms with Gasteiger partial charge in [0.05, 0.1) is 0 Å². The molecule has 1 saturated heterocycles. The lowest BCUT2D eigenvalue weighted by atomic mass is 9.89. The maximum Gasteiger partial charge on any atom is 0.0251 e. The zero-order valence-corrected chi connectivity index (χ0v) is 10.2. The average molecular weight is 201 g/mol.